The second-order valence-electron chi connectivity index (χ2n) is 19.5. The van der Waals surface area contributed by atoms with Crippen LogP contribution in [-0.2, 0) is 6.54 Å². The molecule has 0 aromatic heterocycles. The zero-order chi connectivity index (χ0) is 41.0. The molecule has 8 rings (SSSR count). The lowest BCUT2D eigenvalue weighted by Crippen LogP contribution is -2.44. The summed E-state index contributed by atoms with van der Waals surface area (Å²) in [6, 6.07) is 30.8. The van der Waals surface area contributed by atoms with Gasteiger partial charge in [-0.3, -0.25) is 0 Å². The van der Waals surface area contributed by atoms with Crippen LogP contribution in [0.1, 0.15) is 54.9 Å². The highest BCUT2D eigenvalue weighted by Crippen LogP contribution is 2.29. The van der Waals surface area contributed by atoms with Gasteiger partial charge in [0.05, 0.1) is 40.9 Å². The summed E-state index contributed by atoms with van der Waals surface area (Å²) in [5.74, 6) is 4.13. The lowest BCUT2D eigenvalue weighted by atomic mass is 9.85. The van der Waals surface area contributed by atoms with Gasteiger partial charge in [-0.25, -0.2) is 4.58 Å². The zero-order valence-electron chi connectivity index (χ0n) is 36.7. The average molecular weight is 819 g/mol. The maximum absolute atomic E-state index is 6.22. The van der Waals surface area contributed by atoms with E-state index in [1.807, 2.05) is 7.05 Å². The highest BCUT2D eigenvalue weighted by Gasteiger charge is 2.34. The molecule has 2 atom stereocenters. The number of rotatable bonds is 6. The molecule has 302 valence electrons. The van der Waals surface area contributed by atoms with Crippen LogP contribution in [0.3, 0.4) is 0 Å². The molecule has 0 radical (unpaired) electrons. The Hall–Kier alpha value is -4.06. The van der Waals surface area contributed by atoms with Gasteiger partial charge in [0.2, 0.25) is 0 Å². The molecular formula is C48H68N3O3Si3+3. The van der Waals surface area contributed by atoms with Crippen molar-refractivity contribution in [1.82, 2.24) is 0 Å². The molecule has 0 spiro atoms. The summed E-state index contributed by atoms with van der Waals surface area (Å²) in [4.78, 5) is 0. The Kier molecular flexibility index (Phi) is 13.3. The van der Waals surface area contributed by atoms with Gasteiger partial charge in [0.15, 0.2) is 31.2 Å². The first-order chi connectivity index (χ1) is 27.0. The van der Waals surface area contributed by atoms with Gasteiger partial charge in [-0.15, -0.1) is 0 Å². The van der Waals surface area contributed by atoms with Crippen LogP contribution in [0.4, 0.5) is 0 Å². The first kappa shape index (κ1) is 42.5. The van der Waals surface area contributed by atoms with Crippen molar-refractivity contribution >= 4 is 58.4 Å². The topological polar surface area (TPSA) is 36.7 Å². The Morgan fingerprint density at radius 1 is 0.526 bits per heavy atom. The van der Waals surface area contributed by atoms with E-state index >= 15 is 0 Å². The molecule has 1 saturated carbocycles. The molecule has 6 nitrogen and oxygen atoms in total. The minimum absolute atomic E-state index is 0.628. The fraction of sp³-hybridized carbons (Fsp3) is 0.438. The second-order valence-corrected chi connectivity index (χ2v) is 34.6. The summed E-state index contributed by atoms with van der Waals surface area (Å²) in [6.45, 7) is 26.6. The number of benzene rings is 4. The fourth-order valence-corrected chi connectivity index (χ4v) is 12.8. The molecule has 0 N–H and O–H groups in total. The Balaban J connectivity index is 0.000000147. The molecule has 0 amide bonds. The predicted octanol–water partition coefficient (Wildman–Crippen LogP) is 8.45. The van der Waals surface area contributed by atoms with Crippen LogP contribution in [0.5, 0.6) is 17.2 Å². The third-order valence-electron chi connectivity index (χ3n) is 11.4. The largest absolute Gasteiger partial charge is 0.436 e. The third kappa shape index (κ3) is 10.7. The number of fused-ring (bicyclic) bond motifs is 3. The standard InChI is InChI=1S/C18H28NOSi.C18H22NOSi.C12H18NOSi/c1-14-8-5-6-10-16(14)19-12-15-9-7-11-17(21(2,3)4)18(15)20-13-19;1-21(2,3)17-11-7-10-16-13-19(14-20-18(16)17)12-15-8-5-4-6-9-15;1-13-8-10-6-5-7-11(15(2,3)4)12(10)14-9-13/h7,9,11-12,14,16H,5-6,8,10,13H2,1-4H3;4-11,13H,12,14H2,1-3H3;5-8H,9H2,1-4H3/q3*+1. The van der Waals surface area contributed by atoms with Gasteiger partial charge in [0.1, 0.15) is 24.3 Å². The van der Waals surface area contributed by atoms with Crippen LogP contribution >= 0.6 is 0 Å². The number of hydrogen-bond donors (Lipinski definition) is 0. The fourth-order valence-electron chi connectivity index (χ4n) is 8.29. The van der Waals surface area contributed by atoms with Crippen molar-refractivity contribution in [2.24, 2.45) is 5.92 Å². The molecule has 4 aromatic rings. The molecule has 3 heterocycles. The van der Waals surface area contributed by atoms with Crippen molar-refractivity contribution in [3.8, 4) is 17.2 Å². The van der Waals surface area contributed by atoms with Crippen molar-refractivity contribution in [3.05, 3.63) is 107 Å². The second kappa shape index (κ2) is 17.8. The SMILES string of the molecule is CC1CCCCC1[N+]1=Cc2cccc([Si](C)(C)C)c2OC1.C[N+]1=Cc2cccc([Si](C)(C)C)c2OC1.C[Si](C)(C)c1cccc2c1OC[N+](Cc1ccccc1)=C2. The van der Waals surface area contributed by atoms with Crippen LogP contribution in [-0.4, -0.2) is 89.9 Å². The van der Waals surface area contributed by atoms with Crippen LogP contribution in [0.25, 0.3) is 0 Å². The summed E-state index contributed by atoms with van der Waals surface area (Å²) in [5, 5.41) is 4.28. The average Bonchev–Trinajstić information content (AvgIpc) is 3.17. The van der Waals surface area contributed by atoms with E-state index in [4.69, 9.17) is 14.2 Å². The number of para-hydroxylation sites is 3. The van der Waals surface area contributed by atoms with Crippen molar-refractivity contribution < 1.29 is 27.9 Å². The minimum Gasteiger partial charge on any atom is -0.436 e. The normalized spacial score (nSPS) is 18.8. The molecule has 3 aliphatic heterocycles. The van der Waals surface area contributed by atoms with E-state index in [0.29, 0.717) is 19.5 Å². The lowest BCUT2D eigenvalue weighted by molar-refractivity contribution is -0.601. The Morgan fingerprint density at radius 3 is 1.53 bits per heavy atom. The highest BCUT2D eigenvalue weighted by molar-refractivity contribution is 6.90. The number of hydrogen-bond acceptors (Lipinski definition) is 3. The molecule has 0 saturated heterocycles. The molecule has 0 bridgehead atoms. The van der Waals surface area contributed by atoms with Crippen molar-refractivity contribution in [2.75, 3.05) is 27.2 Å². The molecular weight excluding hydrogens is 751 g/mol. The van der Waals surface area contributed by atoms with Crippen LogP contribution < -0.4 is 29.8 Å². The van der Waals surface area contributed by atoms with Crippen molar-refractivity contribution in [2.45, 2.75) is 104 Å². The van der Waals surface area contributed by atoms with E-state index in [0.717, 1.165) is 36.4 Å². The van der Waals surface area contributed by atoms with Gasteiger partial charge < -0.3 is 14.2 Å². The van der Waals surface area contributed by atoms with Crippen molar-refractivity contribution in [3.63, 3.8) is 0 Å². The van der Waals surface area contributed by atoms with E-state index in [-0.39, 0.29) is 0 Å². The number of ether oxygens (including phenoxy) is 3. The van der Waals surface area contributed by atoms with Gasteiger partial charge in [-0.2, -0.15) is 9.15 Å². The van der Waals surface area contributed by atoms with E-state index in [1.165, 1.54) is 63.5 Å². The van der Waals surface area contributed by atoms with E-state index in [9.17, 15) is 0 Å². The molecule has 57 heavy (non-hydrogen) atoms. The monoisotopic (exact) mass is 818 g/mol. The summed E-state index contributed by atoms with van der Waals surface area (Å²) in [7, 11) is -1.99. The molecule has 1 aliphatic carbocycles. The predicted molar refractivity (Wildman–Crippen MR) is 249 cm³/mol. The van der Waals surface area contributed by atoms with Crippen LogP contribution in [0.2, 0.25) is 58.9 Å². The Labute approximate surface area is 346 Å². The lowest BCUT2D eigenvalue weighted by Gasteiger charge is -2.29. The minimum atomic E-state index is -1.37. The van der Waals surface area contributed by atoms with E-state index in [1.54, 1.807) is 0 Å². The molecule has 2 unspecified atom stereocenters. The first-order valence-corrected chi connectivity index (χ1v) is 31.6. The quantitative estimate of drug-likeness (QED) is 0.145. The first-order valence-electron chi connectivity index (χ1n) is 21.1. The summed E-state index contributed by atoms with van der Waals surface area (Å²) in [6.07, 6.45) is 12.2. The van der Waals surface area contributed by atoms with Crippen LogP contribution in [0.15, 0.2) is 84.9 Å². The van der Waals surface area contributed by atoms with Gasteiger partial charge in [0.25, 0.3) is 20.2 Å². The number of nitrogens with zero attached hydrogens (tertiary/aromatic N) is 3. The van der Waals surface area contributed by atoms with E-state index in [2.05, 4.69) is 183 Å². The molecule has 1 fully saturated rings. The van der Waals surface area contributed by atoms with Crippen LogP contribution in [0, 0.1) is 5.92 Å². The maximum atomic E-state index is 6.22. The van der Waals surface area contributed by atoms with Gasteiger partial charge >= 0.3 is 0 Å². The van der Waals surface area contributed by atoms with Gasteiger partial charge in [-0.1, -0.05) is 139 Å². The third-order valence-corrected chi connectivity index (χ3v) is 17.4. The molecule has 4 aliphatic rings. The molecule has 4 aromatic carbocycles. The maximum Gasteiger partial charge on any atom is 0.287 e. The Bertz CT molecular complexity index is 2120. The van der Waals surface area contributed by atoms with Gasteiger partial charge in [-0.05, 0) is 46.6 Å². The van der Waals surface area contributed by atoms with E-state index < -0.39 is 24.2 Å². The highest BCUT2D eigenvalue weighted by atomic mass is 28.3. The zero-order valence-corrected chi connectivity index (χ0v) is 39.7. The summed E-state index contributed by atoms with van der Waals surface area (Å²) < 4.78 is 24.9. The summed E-state index contributed by atoms with van der Waals surface area (Å²) in [5.41, 5.74) is 5.00. The van der Waals surface area contributed by atoms with Crippen molar-refractivity contribution in [1.29, 1.82) is 0 Å². The Morgan fingerprint density at radius 2 is 1.00 bits per heavy atom. The molecule has 9 heteroatoms. The summed E-state index contributed by atoms with van der Waals surface area (Å²) >= 11 is 0. The van der Waals surface area contributed by atoms with Gasteiger partial charge in [0, 0.05) is 17.9 Å². The smallest absolute Gasteiger partial charge is 0.287 e.